The molecule has 0 heterocycles. The summed E-state index contributed by atoms with van der Waals surface area (Å²) in [7, 11) is 0. The van der Waals surface area contributed by atoms with Crippen molar-refractivity contribution in [1.82, 2.24) is 0 Å². The molecule has 2 nitrogen and oxygen atoms in total. The van der Waals surface area contributed by atoms with Gasteiger partial charge in [0.25, 0.3) is 0 Å². The third kappa shape index (κ3) is 3.98. The van der Waals surface area contributed by atoms with E-state index in [0.29, 0.717) is 6.42 Å². The highest BCUT2D eigenvalue weighted by Crippen LogP contribution is 2.25. The monoisotopic (exact) mass is 210 g/mol. The van der Waals surface area contributed by atoms with Crippen LogP contribution in [0.3, 0.4) is 0 Å². The lowest BCUT2D eigenvalue weighted by Gasteiger charge is -2.24. The first kappa shape index (κ1) is 14.1. The Balaban J connectivity index is 4.90. The highest BCUT2D eigenvalue weighted by atomic mass is 16.2. The summed E-state index contributed by atoms with van der Waals surface area (Å²) in [5.41, 5.74) is -0.460. The first-order valence-corrected chi connectivity index (χ1v) is 5.40. The minimum Gasteiger partial charge on any atom is -0.299 e. The molecule has 0 aromatic carbocycles. The molecule has 2 heteroatoms. The normalized spacial score (nSPS) is 13.7. The summed E-state index contributed by atoms with van der Waals surface area (Å²) >= 11 is 0. The predicted molar refractivity (Wildman–Crippen MR) is 62.6 cm³/mol. The van der Waals surface area contributed by atoms with Gasteiger partial charge in [-0.1, -0.05) is 40.7 Å². The maximum atomic E-state index is 12.0. The van der Waals surface area contributed by atoms with Gasteiger partial charge in [-0.25, -0.2) is 0 Å². The first-order chi connectivity index (χ1) is 6.71. The van der Waals surface area contributed by atoms with Crippen LogP contribution in [0.15, 0.2) is 12.7 Å². The van der Waals surface area contributed by atoms with Crippen molar-refractivity contribution < 1.29 is 9.59 Å². The van der Waals surface area contributed by atoms with Gasteiger partial charge < -0.3 is 0 Å². The van der Waals surface area contributed by atoms with E-state index in [9.17, 15) is 9.59 Å². The fourth-order valence-electron chi connectivity index (χ4n) is 1.44. The van der Waals surface area contributed by atoms with Crippen LogP contribution >= 0.6 is 0 Å². The quantitative estimate of drug-likeness (QED) is 0.516. The summed E-state index contributed by atoms with van der Waals surface area (Å²) in [6.07, 6.45) is 2.10. The molecule has 1 unspecified atom stereocenters. The van der Waals surface area contributed by atoms with Crippen molar-refractivity contribution in [2.75, 3.05) is 0 Å². The molecule has 0 amide bonds. The Morgan fingerprint density at radius 3 is 2.00 bits per heavy atom. The summed E-state index contributed by atoms with van der Waals surface area (Å²) in [5.74, 6) is -0.570. The SMILES string of the molecule is C=CCC(C(=O)C(C)C)C(=O)C(C)(C)C. The van der Waals surface area contributed by atoms with E-state index in [1.807, 2.05) is 34.6 Å². The molecule has 0 saturated carbocycles. The molecule has 0 aliphatic carbocycles. The van der Waals surface area contributed by atoms with Crippen LogP contribution in [-0.4, -0.2) is 11.6 Å². The number of ketones is 2. The second-order valence-corrected chi connectivity index (χ2v) is 5.25. The molecule has 15 heavy (non-hydrogen) atoms. The molecule has 0 fully saturated rings. The van der Waals surface area contributed by atoms with Crippen molar-refractivity contribution in [3.05, 3.63) is 12.7 Å². The predicted octanol–water partition coefficient (Wildman–Crippen LogP) is 3.02. The van der Waals surface area contributed by atoms with Crippen molar-refractivity contribution in [1.29, 1.82) is 0 Å². The average molecular weight is 210 g/mol. The number of Topliss-reactive ketones (excluding diaryl/α,β-unsaturated/α-hetero) is 2. The maximum Gasteiger partial charge on any atom is 0.148 e. The molecule has 0 aliphatic rings. The molecular formula is C13H22O2. The van der Waals surface area contributed by atoms with Crippen molar-refractivity contribution in [3.63, 3.8) is 0 Å². The van der Waals surface area contributed by atoms with E-state index in [0.717, 1.165) is 0 Å². The molecule has 0 radical (unpaired) electrons. The lowest BCUT2D eigenvalue weighted by molar-refractivity contribution is -0.139. The van der Waals surface area contributed by atoms with E-state index in [-0.39, 0.29) is 17.5 Å². The van der Waals surface area contributed by atoms with Gasteiger partial charge in [0.15, 0.2) is 0 Å². The van der Waals surface area contributed by atoms with Crippen LogP contribution in [0.5, 0.6) is 0 Å². The third-order valence-electron chi connectivity index (χ3n) is 2.37. The van der Waals surface area contributed by atoms with Crippen LogP contribution in [-0.2, 0) is 9.59 Å². The second-order valence-electron chi connectivity index (χ2n) is 5.25. The highest BCUT2D eigenvalue weighted by Gasteiger charge is 2.34. The summed E-state index contributed by atoms with van der Waals surface area (Å²) < 4.78 is 0. The molecule has 0 rings (SSSR count). The van der Waals surface area contributed by atoms with Gasteiger partial charge in [0, 0.05) is 11.3 Å². The molecule has 0 bridgehead atoms. The number of carbonyl (C=O) groups excluding carboxylic acids is 2. The Hall–Kier alpha value is -0.920. The Labute approximate surface area is 92.8 Å². The van der Waals surface area contributed by atoms with Gasteiger partial charge >= 0.3 is 0 Å². The van der Waals surface area contributed by atoms with Gasteiger partial charge in [0.2, 0.25) is 0 Å². The topological polar surface area (TPSA) is 34.1 Å². The summed E-state index contributed by atoms with van der Waals surface area (Å²) in [5, 5.41) is 0. The lowest BCUT2D eigenvalue weighted by Crippen LogP contribution is -2.35. The fourth-order valence-corrected chi connectivity index (χ4v) is 1.44. The number of carbonyl (C=O) groups is 2. The van der Waals surface area contributed by atoms with Crippen LogP contribution in [0, 0.1) is 17.3 Å². The minimum absolute atomic E-state index is 0.0149. The Morgan fingerprint density at radius 1 is 1.27 bits per heavy atom. The fraction of sp³-hybridized carbons (Fsp3) is 0.692. The van der Waals surface area contributed by atoms with Crippen molar-refractivity contribution in [3.8, 4) is 0 Å². The molecule has 0 saturated heterocycles. The first-order valence-electron chi connectivity index (χ1n) is 5.40. The molecule has 0 aromatic heterocycles. The molecule has 0 N–H and O–H groups in total. The van der Waals surface area contributed by atoms with Gasteiger partial charge in [0.1, 0.15) is 11.6 Å². The average Bonchev–Trinajstić information content (AvgIpc) is 2.10. The zero-order chi connectivity index (χ0) is 12.2. The van der Waals surface area contributed by atoms with Crippen molar-refractivity contribution in [2.45, 2.75) is 41.0 Å². The maximum absolute atomic E-state index is 12.0. The van der Waals surface area contributed by atoms with E-state index < -0.39 is 11.3 Å². The number of hydrogen-bond acceptors (Lipinski definition) is 2. The standard InChI is InChI=1S/C13H22O2/c1-7-8-10(11(14)9(2)3)12(15)13(4,5)6/h7,9-10H,1,8H2,2-6H3. The van der Waals surface area contributed by atoms with Crippen molar-refractivity contribution >= 4 is 11.6 Å². The number of rotatable bonds is 5. The van der Waals surface area contributed by atoms with Gasteiger partial charge in [-0.3, -0.25) is 9.59 Å². The minimum atomic E-state index is -0.512. The van der Waals surface area contributed by atoms with E-state index in [4.69, 9.17) is 0 Å². The molecule has 0 aliphatic heterocycles. The van der Waals surface area contributed by atoms with Crippen LogP contribution in [0.25, 0.3) is 0 Å². The van der Waals surface area contributed by atoms with Crippen LogP contribution in [0.2, 0.25) is 0 Å². The van der Waals surface area contributed by atoms with Gasteiger partial charge in [-0.15, -0.1) is 6.58 Å². The van der Waals surface area contributed by atoms with Crippen molar-refractivity contribution in [2.24, 2.45) is 17.3 Å². The molecule has 0 spiro atoms. The van der Waals surface area contributed by atoms with E-state index >= 15 is 0 Å². The Bertz CT molecular complexity index is 256. The largest absolute Gasteiger partial charge is 0.299 e. The summed E-state index contributed by atoms with van der Waals surface area (Å²) in [4.78, 5) is 23.9. The molecule has 86 valence electrons. The van der Waals surface area contributed by atoms with E-state index in [2.05, 4.69) is 6.58 Å². The Morgan fingerprint density at radius 2 is 1.73 bits per heavy atom. The lowest BCUT2D eigenvalue weighted by atomic mass is 9.77. The zero-order valence-corrected chi connectivity index (χ0v) is 10.5. The van der Waals surface area contributed by atoms with Crippen LogP contribution in [0.4, 0.5) is 0 Å². The summed E-state index contributed by atoms with van der Waals surface area (Å²) in [6.45, 7) is 12.8. The highest BCUT2D eigenvalue weighted by molar-refractivity contribution is 6.05. The molecular weight excluding hydrogens is 188 g/mol. The van der Waals surface area contributed by atoms with Gasteiger partial charge in [0.05, 0.1) is 5.92 Å². The molecule has 0 aromatic rings. The number of hydrogen-bond donors (Lipinski definition) is 0. The van der Waals surface area contributed by atoms with Crippen LogP contribution in [0.1, 0.15) is 41.0 Å². The number of allylic oxidation sites excluding steroid dienone is 1. The smallest absolute Gasteiger partial charge is 0.148 e. The van der Waals surface area contributed by atoms with Gasteiger partial charge in [-0.05, 0) is 6.42 Å². The zero-order valence-electron chi connectivity index (χ0n) is 10.5. The molecule has 1 atom stereocenters. The second kappa shape index (κ2) is 5.24. The van der Waals surface area contributed by atoms with E-state index in [1.165, 1.54) is 0 Å². The van der Waals surface area contributed by atoms with E-state index in [1.54, 1.807) is 6.08 Å². The third-order valence-corrected chi connectivity index (χ3v) is 2.37. The van der Waals surface area contributed by atoms with Gasteiger partial charge in [-0.2, -0.15) is 0 Å². The van der Waals surface area contributed by atoms with Crippen LogP contribution < -0.4 is 0 Å². The Kier molecular flexibility index (Phi) is 4.92. The summed E-state index contributed by atoms with van der Waals surface area (Å²) in [6, 6.07) is 0.